The minimum atomic E-state index is -0.338. The molecule has 1 aliphatic rings. The lowest BCUT2D eigenvalue weighted by atomic mass is 9.85. The van der Waals surface area contributed by atoms with Gasteiger partial charge in [-0.05, 0) is 58.2 Å². The maximum absolute atomic E-state index is 13.7. The fourth-order valence-electron chi connectivity index (χ4n) is 2.98. The van der Waals surface area contributed by atoms with Crippen molar-refractivity contribution in [1.82, 2.24) is 0 Å². The highest BCUT2D eigenvalue weighted by Gasteiger charge is 2.41. The average molecular weight is 269 g/mol. The Morgan fingerprint density at radius 2 is 2.06 bits per heavy atom. The molecule has 0 aliphatic heterocycles. The zero-order chi connectivity index (χ0) is 13.7. The van der Waals surface area contributed by atoms with E-state index in [9.17, 15) is 9.18 Å². The van der Waals surface area contributed by atoms with Crippen LogP contribution < -0.4 is 0 Å². The number of hydrogen-bond donors (Lipinski definition) is 0. The lowest BCUT2D eigenvalue weighted by molar-refractivity contribution is -0.113. The van der Waals surface area contributed by atoms with E-state index in [1.165, 1.54) is 6.07 Å². The molecule has 1 aliphatic carbocycles. The van der Waals surface area contributed by atoms with Gasteiger partial charge in [0.25, 0.3) is 0 Å². The molecule has 3 heteroatoms. The first-order valence-electron chi connectivity index (χ1n) is 6.27. The number of fused-ring (bicyclic) bond motifs is 1. The first-order chi connectivity index (χ1) is 8.24. The van der Waals surface area contributed by atoms with Crippen LogP contribution in [0, 0.1) is 5.82 Å². The Morgan fingerprint density at radius 3 is 2.56 bits per heavy atom. The predicted octanol–water partition coefficient (Wildman–Crippen LogP) is 4.48. The lowest BCUT2D eigenvalue weighted by Crippen LogP contribution is -2.13. The fourth-order valence-corrected chi connectivity index (χ4v) is 3.17. The SMILES string of the molecule is CC(C)c1cc(F)cc2c1C(C(=O)Cl)CC2(C)C. The van der Waals surface area contributed by atoms with Gasteiger partial charge in [-0.15, -0.1) is 0 Å². The van der Waals surface area contributed by atoms with Gasteiger partial charge in [0.2, 0.25) is 5.24 Å². The van der Waals surface area contributed by atoms with Crippen molar-refractivity contribution in [2.75, 3.05) is 0 Å². The summed E-state index contributed by atoms with van der Waals surface area (Å²) in [6.45, 7) is 8.09. The molecule has 2 rings (SSSR count). The van der Waals surface area contributed by atoms with Crippen molar-refractivity contribution in [3.8, 4) is 0 Å². The predicted molar refractivity (Wildman–Crippen MR) is 71.7 cm³/mol. The topological polar surface area (TPSA) is 17.1 Å². The van der Waals surface area contributed by atoms with E-state index in [0.29, 0.717) is 6.42 Å². The second kappa shape index (κ2) is 4.34. The number of carbonyl (C=O) groups is 1. The Balaban J connectivity index is 2.72. The third kappa shape index (κ3) is 2.07. The second-order valence-corrected chi connectivity index (χ2v) is 6.43. The van der Waals surface area contributed by atoms with Gasteiger partial charge in [0.05, 0.1) is 5.92 Å². The van der Waals surface area contributed by atoms with Crippen molar-refractivity contribution in [2.24, 2.45) is 0 Å². The van der Waals surface area contributed by atoms with Gasteiger partial charge in [-0.3, -0.25) is 4.79 Å². The molecule has 98 valence electrons. The van der Waals surface area contributed by atoms with Crippen LogP contribution in [-0.2, 0) is 10.2 Å². The van der Waals surface area contributed by atoms with E-state index in [4.69, 9.17) is 11.6 Å². The highest BCUT2D eigenvalue weighted by Crippen LogP contribution is 2.49. The van der Waals surface area contributed by atoms with Crippen molar-refractivity contribution in [2.45, 2.75) is 51.4 Å². The number of hydrogen-bond acceptors (Lipinski definition) is 1. The van der Waals surface area contributed by atoms with Crippen LogP contribution in [0.1, 0.15) is 62.6 Å². The first-order valence-corrected chi connectivity index (χ1v) is 6.65. The van der Waals surface area contributed by atoms with Crippen LogP contribution >= 0.6 is 11.6 Å². The summed E-state index contributed by atoms with van der Waals surface area (Å²) in [5.74, 6) is -0.343. The van der Waals surface area contributed by atoms with Crippen LogP contribution in [0.15, 0.2) is 12.1 Å². The van der Waals surface area contributed by atoms with Gasteiger partial charge in [-0.2, -0.15) is 0 Å². The van der Waals surface area contributed by atoms with E-state index >= 15 is 0 Å². The van der Waals surface area contributed by atoms with E-state index in [2.05, 4.69) is 0 Å². The Kier molecular flexibility index (Phi) is 3.26. The largest absolute Gasteiger partial charge is 0.281 e. The van der Waals surface area contributed by atoms with Crippen molar-refractivity contribution in [3.63, 3.8) is 0 Å². The zero-order valence-corrected chi connectivity index (χ0v) is 11.9. The molecule has 1 aromatic carbocycles. The van der Waals surface area contributed by atoms with Crippen molar-refractivity contribution < 1.29 is 9.18 Å². The molecule has 1 aromatic rings. The summed E-state index contributed by atoms with van der Waals surface area (Å²) in [6, 6.07) is 3.10. The van der Waals surface area contributed by atoms with Gasteiger partial charge < -0.3 is 0 Å². The number of benzene rings is 1. The summed E-state index contributed by atoms with van der Waals surface area (Å²) in [5, 5.41) is -0.338. The molecule has 0 aromatic heterocycles. The quantitative estimate of drug-likeness (QED) is 0.723. The maximum atomic E-state index is 13.7. The van der Waals surface area contributed by atoms with Gasteiger partial charge >= 0.3 is 0 Å². The van der Waals surface area contributed by atoms with E-state index in [-0.39, 0.29) is 28.3 Å². The second-order valence-electron chi connectivity index (χ2n) is 6.06. The van der Waals surface area contributed by atoms with Crippen molar-refractivity contribution in [1.29, 1.82) is 0 Å². The molecule has 1 unspecified atom stereocenters. The molecule has 0 saturated heterocycles. The summed E-state index contributed by atoms with van der Waals surface area (Å²) in [4.78, 5) is 11.6. The maximum Gasteiger partial charge on any atom is 0.229 e. The van der Waals surface area contributed by atoms with Gasteiger partial charge in [0, 0.05) is 0 Å². The van der Waals surface area contributed by atoms with Crippen LogP contribution in [0.25, 0.3) is 0 Å². The molecule has 0 N–H and O–H groups in total. The smallest absolute Gasteiger partial charge is 0.229 e. The standard InChI is InChI=1S/C15H18ClFO/c1-8(2)10-5-9(17)6-12-13(10)11(14(16)18)7-15(12,3)4/h5-6,8,11H,7H2,1-4H3. The monoisotopic (exact) mass is 268 g/mol. The third-order valence-electron chi connectivity index (χ3n) is 3.86. The molecular formula is C15H18ClFO. The van der Waals surface area contributed by atoms with Crippen LogP contribution in [-0.4, -0.2) is 5.24 Å². The lowest BCUT2D eigenvalue weighted by Gasteiger charge is -2.20. The van der Waals surface area contributed by atoms with Crippen LogP contribution in [0.3, 0.4) is 0 Å². The first kappa shape index (κ1) is 13.5. The summed E-state index contributed by atoms with van der Waals surface area (Å²) in [6.07, 6.45) is 0.661. The van der Waals surface area contributed by atoms with E-state index in [1.54, 1.807) is 6.07 Å². The summed E-state index contributed by atoms with van der Waals surface area (Å²) >= 11 is 5.72. The van der Waals surface area contributed by atoms with Gasteiger partial charge in [-0.25, -0.2) is 4.39 Å². The molecule has 0 amide bonds. The number of halogens is 2. The summed E-state index contributed by atoms with van der Waals surface area (Å²) < 4.78 is 13.7. The Bertz CT molecular complexity index is 505. The molecule has 18 heavy (non-hydrogen) atoms. The van der Waals surface area contributed by atoms with Gasteiger partial charge in [0.1, 0.15) is 5.82 Å². The molecular weight excluding hydrogens is 251 g/mol. The fraction of sp³-hybridized carbons (Fsp3) is 0.533. The van der Waals surface area contributed by atoms with E-state index in [0.717, 1.165) is 16.7 Å². The molecule has 0 saturated carbocycles. The summed E-state index contributed by atoms with van der Waals surface area (Å²) in [7, 11) is 0. The van der Waals surface area contributed by atoms with E-state index < -0.39 is 0 Å². The van der Waals surface area contributed by atoms with Crippen LogP contribution in [0.2, 0.25) is 0 Å². The molecule has 0 fully saturated rings. The molecule has 0 heterocycles. The molecule has 0 radical (unpaired) electrons. The zero-order valence-electron chi connectivity index (χ0n) is 11.2. The molecule has 1 nitrogen and oxygen atoms in total. The number of rotatable bonds is 2. The molecule has 1 atom stereocenters. The third-order valence-corrected chi connectivity index (χ3v) is 4.13. The summed E-state index contributed by atoms with van der Waals surface area (Å²) in [5.41, 5.74) is 2.60. The minimum Gasteiger partial charge on any atom is -0.281 e. The molecule has 0 bridgehead atoms. The molecule has 0 spiro atoms. The van der Waals surface area contributed by atoms with Crippen LogP contribution in [0.5, 0.6) is 0 Å². The van der Waals surface area contributed by atoms with E-state index in [1.807, 2.05) is 27.7 Å². The van der Waals surface area contributed by atoms with Crippen molar-refractivity contribution in [3.05, 3.63) is 34.6 Å². The number of carbonyl (C=O) groups excluding carboxylic acids is 1. The normalized spacial score (nSPS) is 21.2. The van der Waals surface area contributed by atoms with Gasteiger partial charge in [0.15, 0.2) is 0 Å². The van der Waals surface area contributed by atoms with Crippen LogP contribution in [0.4, 0.5) is 4.39 Å². The van der Waals surface area contributed by atoms with Crippen molar-refractivity contribution >= 4 is 16.8 Å². The highest BCUT2D eigenvalue weighted by atomic mass is 35.5. The van der Waals surface area contributed by atoms with Gasteiger partial charge in [-0.1, -0.05) is 27.7 Å². The Morgan fingerprint density at radius 1 is 1.44 bits per heavy atom. The Labute approximate surface area is 112 Å². The highest BCUT2D eigenvalue weighted by molar-refractivity contribution is 6.64. The average Bonchev–Trinajstić information content (AvgIpc) is 2.50. The minimum absolute atomic E-state index is 0.182. The Hall–Kier alpha value is -0.890.